The molecule has 2 heterocycles. The summed E-state index contributed by atoms with van der Waals surface area (Å²) in [6.07, 6.45) is 0. The van der Waals surface area contributed by atoms with Gasteiger partial charge < -0.3 is 4.57 Å². The van der Waals surface area contributed by atoms with E-state index in [1.54, 1.807) is 17.7 Å². The van der Waals surface area contributed by atoms with E-state index in [4.69, 9.17) is 0 Å². The third kappa shape index (κ3) is 3.05. The van der Waals surface area contributed by atoms with Crippen LogP contribution < -0.4 is 5.56 Å². The molecule has 2 aromatic heterocycles. The van der Waals surface area contributed by atoms with Gasteiger partial charge in [-0.15, -0.1) is 0 Å². The van der Waals surface area contributed by atoms with Crippen molar-refractivity contribution in [1.82, 2.24) is 13.4 Å². The number of aromatic nitrogens is 2. The zero-order chi connectivity index (χ0) is 23.4. The van der Waals surface area contributed by atoms with Gasteiger partial charge in [-0.05, 0) is 36.4 Å². The first kappa shape index (κ1) is 21.2. The van der Waals surface area contributed by atoms with E-state index >= 15 is 0 Å². The van der Waals surface area contributed by atoms with Crippen molar-refractivity contribution in [3.8, 4) is 11.8 Å². The first-order valence-corrected chi connectivity index (χ1v) is 10.8. The van der Waals surface area contributed by atoms with E-state index in [-0.39, 0.29) is 16.1 Å². The van der Waals surface area contributed by atoms with Crippen LogP contribution in [0, 0.1) is 21.4 Å². The van der Waals surface area contributed by atoms with Gasteiger partial charge in [0.15, 0.2) is 0 Å². The third-order valence-electron chi connectivity index (χ3n) is 5.34. The summed E-state index contributed by atoms with van der Waals surface area (Å²) >= 11 is 0. The predicted octanol–water partition coefficient (Wildman–Crippen LogP) is 2.51. The second kappa shape index (κ2) is 7.30. The van der Waals surface area contributed by atoms with E-state index in [2.05, 4.69) is 0 Å². The van der Waals surface area contributed by atoms with Crippen molar-refractivity contribution >= 4 is 37.6 Å². The number of nitrogens with zero attached hydrogens (tertiary/aromatic N) is 5. The molecule has 2 aromatic carbocycles. The van der Waals surface area contributed by atoms with Crippen molar-refractivity contribution in [3.05, 3.63) is 74.6 Å². The Morgan fingerprint density at radius 3 is 2.28 bits per heavy atom. The number of nitro groups is 1. The van der Waals surface area contributed by atoms with Crippen LogP contribution in [0.25, 0.3) is 27.6 Å². The molecular formula is C21H17N5O5S. The van der Waals surface area contributed by atoms with Crippen molar-refractivity contribution in [3.63, 3.8) is 0 Å². The Hall–Kier alpha value is -4.01. The van der Waals surface area contributed by atoms with Crippen molar-refractivity contribution in [2.75, 3.05) is 14.1 Å². The Labute approximate surface area is 182 Å². The van der Waals surface area contributed by atoms with Gasteiger partial charge >= 0.3 is 0 Å². The van der Waals surface area contributed by atoms with Crippen molar-refractivity contribution in [1.29, 1.82) is 5.26 Å². The maximum Gasteiger partial charge on any atom is 0.273 e. The molecule has 0 N–H and O–H groups in total. The fourth-order valence-electron chi connectivity index (χ4n) is 3.67. The number of pyridine rings is 1. The zero-order valence-electron chi connectivity index (χ0n) is 17.3. The summed E-state index contributed by atoms with van der Waals surface area (Å²) in [7, 11) is 0.863. The average Bonchev–Trinajstić information content (AvgIpc) is 3.04. The second-order valence-electron chi connectivity index (χ2n) is 7.34. The van der Waals surface area contributed by atoms with E-state index in [9.17, 15) is 28.6 Å². The number of sulfonamides is 1. The van der Waals surface area contributed by atoms with Crippen LogP contribution in [-0.4, -0.2) is 40.9 Å². The van der Waals surface area contributed by atoms with E-state index in [1.807, 2.05) is 6.07 Å². The molecule has 0 unspecified atom stereocenters. The Morgan fingerprint density at radius 2 is 1.72 bits per heavy atom. The monoisotopic (exact) mass is 451 g/mol. The van der Waals surface area contributed by atoms with Crippen molar-refractivity contribution in [2.45, 2.75) is 4.90 Å². The van der Waals surface area contributed by atoms with Gasteiger partial charge in [-0.3, -0.25) is 19.5 Å². The van der Waals surface area contributed by atoms with Crippen LogP contribution in [0.4, 0.5) is 5.69 Å². The highest BCUT2D eigenvalue weighted by atomic mass is 32.2. The van der Waals surface area contributed by atoms with Crippen LogP contribution in [-0.2, 0) is 17.1 Å². The largest absolute Gasteiger partial charge is 0.342 e. The Balaban J connectivity index is 2.17. The lowest BCUT2D eigenvalue weighted by atomic mass is 10.2. The highest BCUT2D eigenvalue weighted by molar-refractivity contribution is 7.89. The van der Waals surface area contributed by atoms with Gasteiger partial charge in [-0.25, -0.2) is 12.7 Å². The fourth-order valence-corrected chi connectivity index (χ4v) is 4.59. The Bertz CT molecular complexity index is 1620. The van der Waals surface area contributed by atoms with Gasteiger partial charge in [-0.1, -0.05) is 0 Å². The van der Waals surface area contributed by atoms with Gasteiger partial charge in [0.05, 0.1) is 26.4 Å². The first-order chi connectivity index (χ1) is 15.1. The second-order valence-corrected chi connectivity index (χ2v) is 9.49. The number of fused-ring (bicyclic) bond motifs is 3. The predicted molar refractivity (Wildman–Crippen MR) is 118 cm³/mol. The molecule has 0 atom stereocenters. The van der Waals surface area contributed by atoms with Crippen LogP contribution >= 0.6 is 0 Å². The van der Waals surface area contributed by atoms with E-state index in [0.717, 1.165) is 4.31 Å². The Morgan fingerprint density at radius 1 is 1.06 bits per heavy atom. The van der Waals surface area contributed by atoms with E-state index in [0.29, 0.717) is 27.6 Å². The fraction of sp³-hybridized carbons (Fsp3) is 0.143. The molecule has 0 aliphatic carbocycles. The number of nitro benzene ring substituents is 1. The number of hydrogen-bond acceptors (Lipinski definition) is 6. The van der Waals surface area contributed by atoms with E-state index < -0.39 is 20.5 Å². The third-order valence-corrected chi connectivity index (χ3v) is 7.16. The van der Waals surface area contributed by atoms with Crippen LogP contribution in [0.5, 0.6) is 0 Å². The quantitative estimate of drug-likeness (QED) is 0.346. The minimum atomic E-state index is -3.73. The maximum atomic E-state index is 13.1. The minimum Gasteiger partial charge on any atom is -0.342 e. The van der Waals surface area contributed by atoms with Crippen LogP contribution in [0.3, 0.4) is 0 Å². The normalized spacial score (nSPS) is 11.8. The van der Waals surface area contributed by atoms with Crippen molar-refractivity contribution in [2.24, 2.45) is 7.05 Å². The smallest absolute Gasteiger partial charge is 0.273 e. The number of hydrogen-bond donors (Lipinski definition) is 0. The van der Waals surface area contributed by atoms with Crippen LogP contribution in [0.15, 0.2) is 58.2 Å². The van der Waals surface area contributed by atoms with E-state index in [1.165, 1.54) is 61.1 Å². The van der Waals surface area contributed by atoms with Gasteiger partial charge in [-0.2, -0.15) is 5.26 Å². The molecule has 0 amide bonds. The SMILES string of the molecule is CN(C)S(=O)(=O)c1ccc2c(c1)c1c(cc(C#N)c(=O)n1-c1ccc([N+](=O)[O-])cc1)n2C. The first-order valence-electron chi connectivity index (χ1n) is 9.33. The minimum absolute atomic E-state index is 0.0505. The molecule has 0 saturated carbocycles. The number of nitriles is 1. The number of aryl methyl sites for hydroxylation is 1. The van der Waals surface area contributed by atoms with Crippen LogP contribution in [0.2, 0.25) is 0 Å². The molecule has 32 heavy (non-hydrogen) atoms. The lowest BCUT2D eigenvalue weighted by Gasteiger charge is -2.12. The summed E-state index contributed by atoms with van der Waals surface area (Å²) < 4.78 is 29.5. The molecule has 0 fully saturated rings. The lowest BCUT2D eigenvalue weighted by Crippen LogP contribution is -2.22. The molecule has 11 heteroatoms. The molecule has 0 saturated heterocycles. The molecule has 162 valence electrons. The highest BCUT2D eigenvalue weighted by Gasteiger charge is 2.22. The number of non-ortho nitro benzene ring substituents is 1. The molecule has 0 bridgehead atoms. The lowest BCUT2D eigenvalue weighted by molar-refractivity contribution is -0.384. The van der Waals surface area contributed by atoms with Gasteiger partial charge in [0.2, 0.25) is 10.0 Å². The molecule has 0 radical (unpaired) electrons. The Kier molecular flexibility index (Phi) is 4.84. The molecule has 4 rings (SSSR count). The van der Waals surface area contributed by atoms with Crippen molar-refractivity contribution < 1.29 is 13.3 Å². The topological polar surface area (TPSA) is 131 Å². The van der Waals surface area contributed by atoms with Crippen LogP contribution in [0.1, 0.15) is 5.56 Å². The zero-order valence-corrected chi connectivity index (χ0v) is 18.1. The molecule has 0 aliphatic rings. The highest BCUT2D eigenvalue weighted by Crippen LogP contribution is 2.32. The summed E-state index contributed by atoms with van der Waals surface area (Å²) in [5.41, 5.74) is 1.04. The maximum absolute atomic E-state index is 13.1. The molecule has 0 spiro atoms. The average molecular weight is 451 g/mol. The van der Waals surface area contributed by atoms with Gasteiger partial charge in [0.25, 0.3) is 11.2 Å². The standard InChI is InChI=1S/C21H17N5O5S/c1-23(2)32(30,31)16-8-9-18-17(11-16)20-19(24(18)3)10-13(12-22)21(27)25(20)14-4-6-15(7-5-14)26(28)29/h4-11H,1-3H3. The molecule has 0 aliphatic heterocycles. The number of rotatable bonds is 4. The summed E-state index contributed by atoms with van der Waals surface area (Å²) in [5, 5.41) is 21.0. The van der Waals surface area contributed by atoms with Gasteiger partial charge in [0, 0.05) is 44.3 Å². The summed E-state index contributed by atoms with van der Waals surface area (Å²) in [5.74, 6) is 0. The summed E-state index contributed by atoms with van der Waals surface area (Å²) in [4.78, 5) is 23.7. The van der Waals surface area contributed by atoms with Gasteiger partial charge in [0.1, 0.15) is 11.6 Å². The molecule has 4 aromatic rings. The number of benzene rings is 2. The molecule has 10 nitrogen and oxygen atoms in total. The molecular weight excluding hydrogens is 434 g/mol. The summed E-state index contributed by atoms with van der Waals surface area (Å²) in [6.45, 7) is 0. The summed E-state index contributed by atoms with van der Waals surface area (Å²) in [6, 6.07) is 13.3.